The number of carbonyl (C=O) groups is 2. The van der Waals surface area contributed by atoms with Gasteiger partial charge in [-0.25, -0.2) is 4.98 Å². The van der Waals surface area contributed by atoms with Crippen LogP contribution in [-0.4, -0.2) is 51.7 Å². The second-order valence-corrected chi connectivity index (χ2v) is 8.35. The predicted molar refractivity (Wildman–Crippen MR) is 114 cm³/mol. The summed E-state index contributed by atoms with van der Waals surface area (Å²) in [5, 5.41) is 3.93. The molecule has 30 heavy (non-hydrogen) atoms. The highest BCUT2D eigenvalue weighted by atomic mass is 35.5. The van der Waals surface area contributed by atoms with E-state index >= 15 is 0 Å². The van der Waals surface area contributed by atoms with E-state index in [1.54, 1.807) is 16.7 Å². The number of fused-ring (bicyclic) bond motifs is 1. The quantitative estimate of drug-likeness (QED) is 0.492. The summed E-state index contributed by atoms with van der Waals surface area (Å²) < 4.78 is 18.7. The molecule has 1 saturated heterocycles. The number of imidazole rings is 1. The van der Waals surface area contributed by atoms with E-state index in [1.807, 2.05) is 13.8 Å². The third kappa shape index (κ3) is 4.61. The molecule has 1 fully saturated rings. The Morgan fingerprint density at radius 2 is 1.77 bits per heavy atom. The number of ether oxygens (including phenoxy) is 3. The van der Waals surface area contributed by atoms with Gasteiger partial charge in [0.25, 0.3) is 0 Å². The molecule has 164 valence electrons. The van der Waals surface area contributed by atoms with Gasteiger partial charge in [0.1, 0.15) is 6.10 Å². The lowest BCUT2D eigenvalue weighted by Gasteiger charge is -2.25. The van der Waals surface area contributed by atoms with E-state index in [-0.39, 0.29) is 11.9 Å². The molecule has 0 bridgehead atoms. The Morgan fingerprint density at radius 3 is 2.33 bits per heavy atom. The number of nitrogens with zero attached hydrogens (tertiary/aromatic N) is 2. The fourth-order valence-corrected chi connectivity index (χ4v) is 3.96. The number of hydrogen-bond acceptors (Lipinski definition) is 7. The Kier molecular flexibility index (Phi) is 7.02. The third-order valence-electron chi connectivity index (χ3n) is 4.45. The maximum atomic E-state index is 11.8. The molecular weight excluding hydrogens is 457 g/mol. The van der Waals surface area contributed by atoms with Crippen LogP contribution in [0.15, 0.2) is 12.1 Å². The van der Waals surface area contributed by atoms with Crippen molar-refractivity contribution in [2.24, 2.45) is 0 Å². The van der Waals surface area contributed by atoms with Gasteiger partial charge in [0.05, 0.1) is 27.0 Å². The fraction of sp³-hybridized carbons (Fsp3) is 0.526. The molecule has 8 nitrogen and oxygen atoms in total. The van der Waals surface area contributed by atoms with Gasteiger partial charge in [-0.15, -0.1) is 11.6 Å². The van der Waals surface area contributed by atoms with Crippen LogP contribution in [0.4, 0.5) is 5.95 Å². The first kappa shape index (κ1) is 22.9. The number of hydrogen-bond donors (Lipinski definition) is 1. The minimum absolute atomic E-state index is 0.0262. The lowest BCUT2D eigenvalue weighted by Crippen LogP contribution is -2.39. The molecule has 1 aliphatic heterocycles. The van der Waals surface area contributed by atoms with E-state index < -0.39 is 36.5 Å². The summed E-state index contributed by atoms with van der Waals surface area (Å²) in [5.74, 6) is -0.609. The second kappa shape index (κ2) is 9.18. The van der Waals surface area contributed by atoms with Crippen LogP contribution in [0.3, 0.4) is 0 Å². The number of esters is 2. The van der Waals surface area contributed by atoms with Crippen molar-refractivity contribution < 1.29 is 23.8 Å². The van der Waals surface area contributed by atoms with Crippen molar-refractivity contribution in [3.05, 3.63) is 22.2 Å². The first-order valence-corrected chi connectivity index (χ1v) is 10.6. The summed E-state index contributed by atoms with van der Waals surface area (Å²) >= 11 is 18.5. The van der Waals surface area contributed by atoms with Crippen LogP contribution in [0.2, 0.25) is 10.0 Å². The van der Waals surface area contributed by atoms with Crippen LogP contribution in [0.25, 0.3) is 11.0 Å². The number of rotatable bonds is 6. The Hall–Kier alpha value is -1.74. The van der Waals surface area contributed by atoms with Crippen LogP contribution in [0, 0.1) is 0 Å². The van der Waals surface area contributed by atoms with Crippen molar-refractivity contribution >= 4 is 63.7 Å². The van der Waals surface area contributed by atoms with Gasteiger partial charge in [-0.2, -0.15) is 0 Å². The second-order valence-electron chi connectivity index (χ2n) is 7.23. The lowest BCUT2D eigenvalue weighted by molar-refractivity contribution is -0.165. The Balaban J connectivity index is 2.18. The highest BCUT2D eigenvalue weighted by molar-refractivity contribution is 6.42. The highest BCUT2D eigenvalue weighted by Crippen LogP contribution is 2.40. The number of halogens is 3. The minimum atomic E-state index is -0.949. The molecule has 0 radical (unpaired) electrons. The first-order valence-electron chi connectivity index (χ1n) is 9.31. The smallest absolute Gasteiger partial charge is 0.303 e. The maximum Gasteiger partial charge on any atom is 0.303 e. The van der Waals surface area contributed by atoms with E-state index in [1.165, 1.54) is 13.8 Å². The molecular formula is C19H22Cl3N3O5. The zero-order valence-corrected chi connectivity index (χ0v) is 19.1. The summed E-state index contributed by atoms with van der Waals surface area (Å²) in [6, 6.07) is 3.33. The van der Waals surface area contributed by atoms with Gasteiger partial charge < -0.3 is 19.5 Å². The van der Waals surface area contributed by atoms with Gasteiger partial charge in [-0.05, 0) is 26.0 Å². The number of carbonyl (C=O) groups excluding carboxylic acids is 2. The van der Waals surface area contributed by atoms with Crippen molar-refractivity contribution in [3.63, 3.8) is 0 Å². The zero-order valence-electron chi connectivity index (χ0n) is 16.8. The van der Waals surface area contributed by atoms with Crippen LogP contribution in [-0.2, 0) is 23.8 Å². The van der Waals surface area contributed by atoms with E-state index in [0.29, 0.717) is 27.0 Å². The topological polar surface area (TPSA) is 91.7 Å². The number of benzene rings is 1. The minimum Gasteiger partial charge on any atom is -0.456 e. The molecule has 11 heteroatoms. The molecule has 0 aliphatic carbocycles. The molecule has 3 rings (SSSR count). The first-order chi connectivity index (χ1) is 14.1. The molecule has 1 aromatic heterocycles. The number of alkyl halides is 1. The number of aromatic nitrogens is 2. The SMILES string of the molecule is CC(=O)O[C@@H]1[C@H](OC(C)=O)[C@@H](n2c(NC(C)C)nc3cc(Cl)c(Cl)cc32)O[C@H]1CCl. The average molecular weight is 479 g/mol. The standard InChI is InChI=1S/C19H22Cl3N3O5/c1-8(2)23-19-24-13-5-11(21)12(22)6-14(13)25(19)18-17(29-10(4)27)16(28-9(3)26)15(7-20)30-18/h5-6,8,15-18H,7H2,1-4H3,(H,23,24)/t15-,16-,17-,18-/m0/s1. The van der Waals surface area contributed by atoms with Gasteiger partial charge in [0.2, 0.25) is 5.95 Å². The number of anilines is 1. The van der Waals surface area contributed by atoms with Crippen molar-refractivity contribution in [2.45, 2.75) is 58.3 Å². The third-order valence-corrected chi connectivity index (χ3v) is 5.47. The average Bonchev–Trinajstić information content (AvgIpc) is 3.12. The van der Waals surface area contributed by atoms with E-state index in [2.05, 4.69) is 10.3 Å². The van der Waals surface area contributed by atoms with Crippen LogP contribution in [0.5, 0.6) is 0 Å². The van der Waals surface area contributed by atoms with Crippen molar-refractivity contribution in [2.75, 3.05) is 11.2 Å². The Morgan fingerprint density at radius 1 is 1.17 bits per heavy atom. The Labute approximate surface area is 188 Å². The van der Waals surface area contributed by atoms with E-state index in [9.17, 15) is 9.59 Å². The highest BCUT2D eigenvalue weighted by Gasteiger charge is 2.50. The molecule has 0 unspecified atom stereocenters. The van der Waals surface area contributed by atoms with Crippen molar-refractivity contribution in [1.29, 1.82) is 0 Å². The molecule has 1 aromatic carbocycles. The van der Waals surface area contributed by atoms with Gasteiger partial charge >= 0.3 is 11.9 Å². The molecule has 0 saturated carbocycles. The van der Waals surface area contributed by atoms with Gasteiger partial charge in [0.15, 0.2) is 18.4 Å². The zero-order chi connectivity index (χ0) is 22.2. The van der Waals surface area contributed by atoms with E-state index in [4.69, 9.17) is 49.0 Å². The van der Waals surface area contributed by atoms with E-state index in [0.717, 1.165) is 0 Å². The number of nitrogens with one attached hydrogen (secondary N) is 1. The van der Waals surface area contributed by atoms with Gasteiger partial charge in [-0.1, -0.05) is 23.2 Å². The molecule has 1 aliphatic rings. The van der Waals surface area contributed by atoms with Gasteiger partial charge in [0, 0.05) is 19.9 Å². The largest absolute Gasteiger partial charge is 0.456 e. The molecule has 0 spiro atoms. The molecule has 2 heterocycles. The summed E-state index contributed by atoms with van der Waals surface area (Å²) in [7, 11) is 0. The van der Waals surface area contributed by atoms with Crippen molar-refractivity contribution in [1.82, 2.24) is 9.55 Å². The van der Waals surface area contributed by atoms with Crippen LogP contribution >= 0.6 is 34.8 Å². The molecule has 1 N–H and O–H groups in total. The summed E-state index contributed by atoms with van der Waals surface area (Å²) in [6.07, 6.45) is -3.40. The van der Waals surface area contributed by atoms with Gasteiger partial charge in [-0.3, -0.25) is 14.2 Å². The molecule has 2 aromatic rings. The molecule has 0 amide bonds. The summed E-state index contributed by atoms with van der Waals surface area (Å²) in [6.45, 7) is 6.44. The normalized spacial score (nSPS) is 23.7. The van der Waals surface area contributed by atoms with Crippen molar-refractivity contribution in [3.8, 4) is 0 Å². The molecule has 4 atom stereocenters. The summed E-state index contributed by atoms with van der Waals surface area (Å²) in [5.41, 5.74) is 1.17. The Bertz CT molecular complexity index is 965. The summed E-state index contributed by atoms with van der Waals surface area (Å²) in [4.78, 5) is 28.1. The lowest BCUT2D eigenvalue weighted by atomic mass is 10.1. The van der Waals surface area contributed by atoms with Crippen LogP contribution < -0.4 is 5.32 Å². The predicted octanol–water partition coefficient (Wildman–Crippen LogP) is 4.16. The maximum absolute atomic E-state index is 11.8. The van der Waals surface area contributed by atoms with Crippen LogP contribution in [0.1, 0.15) is 33.9 Å². The monoisotopic (exact) mass is 477 g/mol. The fourth-order valence-electron chi connectivity index (χ4n) is 3.40.